The molecule has 9 N–H and O–H groups in total. The fourth-order valence-corrected chi connectivity index (χ4v) is 3.73. The Morgan fingerprint density at radius 3 is 1.78 bits per heavy atom. The number of nitrogens with zero attached hydrogens (tertiary/aromatic N) is 10. The molecule has 0 aliphatic carbocycles. The van der Waals surface area contributed by atoms with Gasteiger partial charge in [-0.3, -0.25) is 4.57 Å². The highest BCUT2D eigenvalue weighted by Gasteiger charge is 2.11. The molecule has 0 bridgehead atoms. The van der Waals surface area contributed by atoms with E-state index in [0.29, 0.717) is 24.4 Å². The molecule has 250 valence electrons. The van der Waals surface area contributed by atoms with E-state index in [2.05, 4.69) is 46.2 Å². The maximum atomic E-state index is 12.1. The monoisotopic (exact) mass is 711 g/mol. The summed E-state index contributed by atoms with van der Waals surface area (Å²) in [7, 11) is 2.01. The van der Waals surface area contributed by atoms with Gasteiger partial charge in [0, 0.05) is 75.3 Å². The first-order chi connectivity index (χ1) is 21.0. The van der Waals surface area contributed by atoms with Gasteiger partial charge in [-0.2, -0.15) is 4.98 Å². The second-order valence-electron chi connectivity index (χ2n) is 8.34. The third-order valence-electron chi connectivity index (χ3n) is 5.38. The number of amidine groups is 1. The van der Waals surface area contributed by atoms with E-state index in [1.165, 1.54) is 4.34 Å². The van der Waals surface area contributed by atoms with Crippen molar-refractivity contribution in [3.63, 3.8) is 0 Å². The molecule has 1 aliphatic rings. The van der Waals surface area contributed by atoms with Crippen molar-refractivity contribution in [3.05, 3.63) is 70.4 Å². The van der Waals surface area contributed by atoms with Crippen LogP contribution in [0.4, 0.5) is 23.8 Å². The Balaban J connectivity index is 0.000000634. The van der Waals surface area contributed by atoms with E-state index < -0.39 is 5.69 Å². The molecule has 4 aromatic heterocycles. The van der Waals surface area contributed by atoms with Crippen molar-refractivity contribution in [2.45, 2.75) is 54.4 Å². The van der Waals surface area contributed by atoms with Gasteiger partial charge in [0.05, 0.1) is 6.67 Å². The van der Waals surface area contributed by atoms with Crippen molar-refractivity contribution in [1.29, 1.82) is 0 Å². The molecule has 45 heavy (non-hydrogen) atoms. The highest BCUT2D eigenvalue weighted by atomic mass is 79.9. The first kappa shape index (κ1) is 40.6. The summed E-state index contributed by atoms with van der Waals surface area (Å²) < 4.78 is 7.78. The van der Waals surface area contributed by atoms with Gasteiger partial charge in [0.15, 0.2) is 11.9 Å². The summed E-state index contributed by atoms with van der Waals surface area (Å²) in [5, 5.41) is 3.99. The minimum absolute atomic E-state index is 0. The number of aromatic nitrogens is 9. The third kappa shape index (κ3) is 13.8. The molecular weight excluding hydrogens is 665 g/mol. The molecule has 0 aromatic carbocycles. The van der Waals surface area contributed by atoms with Crippen LogP contribution in [0.15, 0.2) is 64.0 Å². The second-order valence-corrected chi connectivity index (χ2v) is 10.4. The quantitative estimate of drug-likeness (QED) is 0.143. The average Bonchev–Trinajstić information content (AvgIpc) is 3.81. The fourth-order valence-electron chi connectivity index (χ4n) is 3.07. The number of aliphatic imine (C=N–C) groups is 1. The van der Waals surface area contributed by atoms with E-state index in [1.54, 1.807) is 53.2 Å². The number of imidazole rings is 3. The van der Waals surface area contributed by atoms with E-state index in [4.69, 9.17) is 22.9 Å². The minimum atomic E-state index is -0.562. The molecule has 4 aromatic rings. The Kier molecular flexibility index (Phi) is 19.9. The molecule has 1 atom stereocenters. The Labute approximate surface area is 273 Å². The van der Waals surface area contributed by atoms with Gasteiger partial charge in [0.1, 0.15) is 5.84 Å². The maximum absolute atomic E-state index is 12.1. The van der Waals surface area contributed by atoms with E-state index >= 15 is 0 Å². The number of nitrogens with one attached hydrogen (secondary N) is 1. The van der Waals surface area contributed by atoms with Crippen LogP contribution in [-0.2, 0) is 26.8 Å². The minimum Gasteiger partial charge on any atom is -0.387 e. The maximum Gasteiger partial charge on any atom is 0.354 e. The number of aryl methyl sites for hydroxylation is 2. The molecular formula is C26H47BrN15O2P. The molecule has 17 nitrogen and oxygen atoms in total. The topological polar surface area (TPSA) is 239 Å². The highest BCUT2D eigenvalue weighted by Crippen LogP contribution is 2.11. The van der Waals surface area contributed by atoms with Crippen molar-refractivity contribution in [2.24, 2.45) is 17.8 Å². The van der Waals surface area contributed by atoms with Gasteiger partial charge in [-0.05, 0) is 29.2 Å². The molecule has 1 unspecified atom stereocenters. The molecule has 0 saturated heterocycles. The number of hydrogen-bond acceptors (Lipinski definition) is 12. The summed E-state index contributed by atoms with van der Waals surface area (Å²) in [4.78, 5) is 43.0. The zero-order valence-electron chi connectivity index (χ0n) is 25.6. The van der Waals surface area contributed by atoms with Crippen LogP contribution in [0.5, 0.6) is 0 Å². The van der Waals surface area contributed by atoms with Gasteiger partial charge in [0.25, 0.3) is 0 Å². The molecule has 0 fully saturated rings. The van der Waals surface area contributed by atoms with E-state index in [-0.39, 0.29) is 34.5 Å². The van der Waals surface area contributed by atoms with Gasteiger partial charge in [-0.1, -0.05) is 36.4 Å². The molecule has 5 heterocycles. The molecule has 0 spiro atoms. The lowest BCUT2D eigenvalue weighted by Crippen LogP contribution is -2.40. The highest BCUT2D eigenvalue weighted by molar-refractivity contribution is 9.09. The number of nitrogens with two attached hydrogens (primary N) is 4. The van der Waals surface area contributed by atoms with Crippen LogP contribution in [0.25, 0.3) is 0 Å². The SMILES string of the molecule is C.CCBr.CCn1c(=O)nc(NCn2ccnc2N)n(PC)c1=O.CCn1ccnc1N.Cn1ccnc1N.NC1=NC=CC1. The summed E-state index contributed by atoms with van der Waals surface area (Å²) in [5.41, 5.74) is 20.6. The van der Waals surface area contributed by atoms with E-state index in [1.807, 2.05) is 44.4 Å². The number of halogens is 1. The number of alkyl halides is 1. The van der Waals surface area contributed by atoms with Gasteiger partial charge >= 0.3 is 11.4 Å². The fraction of sp³-hybridized carbons (Fsp3) is 0.423. The predicted octanol–water partition coefficient (Wildman–Crippen LogP) is 2.13. The van der Waals surface area contributed by atoms with Crippen molar-refractivity contribution in [2.75, 3.05) is 34.5 Å². The van der Waals surface area contributed by atoms with Crippen LogP contribution in [0.2, 0.25) is 0 Å². The summed E-state index contributed by atoms with van der Waals surface area (Å²) in [6.07, 6.45) is 14.7. The number of anilines is 4. The molecule has 19 heteroatoms. The number of hydrogen-bond donors (Lipinski definition) is 5. The smallest absolute Gasteiger partial charge is 0.354 e. The molecule has 0 amide bonds. The predicted molar refractivity (Wildman–Crippen MR) is 190 cm³/mol. The second kappa shape index (κ2) is 22.1. The van der Waals surface area contributed by atoms with Crippen LogP contribution in [-0.4, -0.2) is 60.4 Å². The van der Waals surface area contributed by atoms with Crippen molar-refractivity contribution >= 4 is 54.3 Å². The Morgan fingerprint density at radius 1 is 0.911 bits per heavy atom. The average molecular weight is 713 g/mol. The molecule has 5 rings (SSSR count). The lowest BCUT2D eigenvalue weighted by Gasteiger charge is -2.13. The first-order valence-electron chi connectivity index (χ1n) is 13.5. The Bertz CT molecular complexity index is 1550. The Morgan fingerprint density at radius 2 is 1.47 bits per heavy atom. The van der Waals surface area contributed by atoms with Crippen molar-refractivity contribution < 1.29 is 0 Å². The van der Waals surface area contributed by atoms with Crippen LogP contribution in [0.3, 0.4) is 0 Å². The lowest BCUT2D eigenvalue weighted by molar-refractivity contribution is 0.630. The van der Waals surface area contributed by atoms with Gasteiger partial charge in [-0.25, -0.2) is 38.4 Å². The lowest BCUT2D eigenvalue weighted by atomic mass is 10.4. The van der Waals surface area contributed by atoms with Crippen LogP contribution in [0, 0.1) is 0 Å². The third-order valence-corrected chi connectivity index (χ3v) is 6.23. The van der Waals surface area contributed by atoms with E-state index in [0.717, 1.165) is 28.7 Å². The standard InChI is InChI=1S/C10H16N7O2P.C5H9N3.C4H7N3.C4H6N2.C2H5Br.CH4/c1-3-16-9(18)14-8(17(20-2)10(16)19)13-6-15-5-4-12-7(15)11;1-2-8-4-3-7-5(8)6;1-7-3-2-6-4(7)5;5-4-2-1-3-6-4;1-2-3;/h4-5,20H,3,6H2,1-2H3,(H2,11,12)(H,13,14,18);3-4H,2H2,1H3,(H2,6,7);2-3H,1H3,(H2,5,6);1,3H,2H2,(H2,5,6);2H2,1H3;1H4. The molecule has 1 aliphatic heterocycles. The number of rotatable bonds is 6. The summed E-state index contributed by atoms with van der Waals surface area (Å²) in [6.45, 7) is 9.10. The summed E-state index contributed by atoms with van der Waals surface area (Å²) in [5.74, 6) is 2.44. The summed E-state index contributed by atoms with van der Waals surface area (Å²) in [6, 6.07) is 0. The van der Waals surface area contributed by atoms with Gasteiger partial charge < -0.3 is 37.4 Å². The first-order valence-corrected chi connectivity index (χ1v) is 16.1. The largest absolute Gasteiger partial charge is 0.387 e. The molecule has 0 saturated carbocycles. The van der Waals surface area contributed by atoms with E-state index in [9.17, 15) is 9.59 Å². The zero-order valence-corrected chi connectivity index (χ0v) is 28.2. The van der Waals surface area contributed by atoms with Crippen LogP contribution >= 0.6 is 24.7 Å². The Hall–Kier alpha value is -4.44. The van der Waals surface area contributed by atoms with Gasteiger partial charge in [0.2, 0.25) is 11.9 Å². The number of nitrogen functional groups attached to an aromatic ring is 3. The van der Waals surface area contributed by atoms with Crippen molar-refractivity contribution in [3.8, 4) is 0 Å². The zero-order chi connectivity index (χ0) is 33.1. The van der Waals surface area contributed by atoms with Gasteiger partial charge in [-0.15, -0.1) is 0 Å². The normalized spacial score (nSPS) is 11.0. The summed E-state index contributed by atoms with van der Waals surface area (Å²) >= 11 is 3.15. The molecule has 0 radical (unpaired) electrons. The van der Waals surface area contributed by atoms with Crippen molar-refractivity contribution in [1.82, 2.24) is 42.5 Å². The van der Waals surface area contributed by atoms with Crippen LogP contribution in [0.1, 0.15) is 34.6 Å². The van der Waals surface area contributed by atoms with Crippen LogP contribution < -0.4 is 39.6 Å².